The molecule has 0 saturated heterocycles. The summed E-state index contributed by atoms with van der Waals surface area (Å²) in [6, 6.07) is 70.0. The molecular weight excluding hydrogens is 683 g/mol. The fourth-order valence-electron chi connectivity index (χ4n) is 9.19. The van der Waals surface area contributed by atoms with Gasteiger partial charge in [0, 0.05) is 42.6 Å². The van der Waals surface area contributed by atoms with Gasteiger partial charge in [0.05, 0.1) is 0 Å². The van der Waals surface area contributed by atoms with Gasteiger partial charge in [0.1, 0.15) is 0 Å². The van der Waals surface area contributed by atoms with Crippen LogP contribution in [0.1, 0.15) is 49.7 Å². The third kappa shape index (κ3) is 6.21. The molecule has 1 saturated carbocycles. The van der Waals surface area contributed by atoms with Crippen LogP contribution in [0.15, 0.2) is 188 Å². The number of anilines is 3. The van der Waals surface area contributed by atoms with E-state index < -0.39 is 0 Å². The van der Waals surface area contributed by atoms with E-state index in [9.17, 15) is 0 Å². The summed E-state index contributed by atoms with van der Waals surface area (Å²) in [5.41, 5.74) is 11.4. The molecule has 8 aromatic carbocycles. The first-order valence-electron chi connectivity index (χ1n) is 19.8. The molecule has 55 heavy (non-hydrogen) atoms. The molecule has 0 amide bonds. The SMILES string of the molecule is c1ccc(-c2cccc3sc4cc(N(c5ccc(-c6ccc7ccccc7c6)cc5)c5ccc(C6(c7ccccc7)CCCCCC6)cc5)ccc4c23)cc1. The molecule has 1 aliphatic carbocycles. The molecule has 1 aromatic heterocycles. The van der Waals surface area contributed by atoms with Crippen LogP contribution >= 0.6 is 11.3 Å². The molecule has 10 rings (SSSR count). The zero-order valence-electron chi connectivity index (χ0n) is 31.0. The van der Waals surface area contributed by atoms with Crippen LogP contribution in [0.5, 0.6) is 0 Å². The van der Waals surface area contributed by atoms with Crippen molar-refractivity contribution < 1.29 is 0 Å². The first-order chi connectivity index (χ1) is 27.2. The van der Waals surface area contributed by atoms with Crippen molar-refractivity contribution in [1.29, 1.82) is 0 Å². The first-order valence-corrected chi connectivity index (χ1v) is 20.6. The van der Waals surface area contributed by atoms with E-state index in [4.69, 9.17) is 0 Å². The fourth-order valence-corrected chi connectivity index (χ4v) is 10.4. The van der Waals surface area contributed by atoms with Gasteiger partial charge >= 0.3 is 0 Å². The van der Waals surface area contributed by atoms with Gasteiger partial charge in [-0.1, -0.05) is 165 Å². The van der Waals surface area contributed by atoms with Crippen molar-refractivity contribution in [3.05, 3.63) is 199 Å². The summed E-state index contributed by atoms with van der Waals surface area (Å²) < 4.78 is 2.62. The van der Waals surface area contributed by atoms with Crippen molar-refractivity contribution in [2.75, 3.05) is 4.90 Å². The van der Waals surface area contributed by atoms with Crippen LogP contribution in [-0.4, -0.2) is 0 Å². The minimum absolute atomic E-state index is 0.0507. The number of hydrogen-bond donors (Lipinski definition) is 0. The van der Waals surface area contributed by atoms with Crippen molar-refractivity contribution in [3.63, 3.8) is 0 Å². The second-order valence-corrected chi connectivity index (χ2v) is 16.3. The second-order valence-electron chi connectivity index (χ2n) is 15.2. The maximum Gasteiger partial charge on any atom is 0.0476 e. The van der Waals surface area contributed by atoms with Crippen LogP contribution in [0.3, 0.4) is 0 Å². The lowest BCUT2D eigenvalue weighted by molar-refractivity contribution is 0.446. The van der Waals surface area contributed by atoms with Gasteiger partial charge in [-0.05, 0) is 106 Å². The topological polar surface area (TPSA) is 3.24 Å². The summed E-state index contributed by atoms with van der Waals surface area (Å²) >= 11 is 1.89. The zero-order valence-corrected chi connectivity index (χ0v) is 31.8. The van der Waals surface area contributed by atoms with Gasteiger partial charge in [-0.2, -0.15) is 0 Å². The van der Waals surface area contributed by atoms with E-state index in [1.165, 1.54) is 114 Å². The van der Waals surface area contributed by atoms with E-state index in [0.29, 0.717) is 0 Å². The van der Waals surface area contributed by atoms with Crippen molar-refractivity contribution in [2.45, 2.75) is 43.9 Å². The molecule has 1 heterocycles. The average molecular weight is 726 g/mol. The molecule has 9 aromatic rings. The van der Waals surface area contributed by atoms with E-state index in [-0.39, 0.29) is 5.41 Å². The van der Waals surface area contributed by atoms with E-state index in [2.05, 4.69) is 193 Å². The Morgan fingerprint density at radius 1 is 0.400 bits per heavy atom. The number of nitrogens with zero attached hydrogens (tertiary/aromatic N) is 1. The molecule has 0 spiro atoms. The summed E-state index contributed by atoms with van der Waals surface area (Å²) in [6.07, 6.45) is 7.58. The van der Waals surface area contributed by atoms with Gasteiger partial charge in [0.15, 0.2) is 0 Å². The minimum atomic E-state index is 0.0507. The molecule has 0 aliphatic heterocycles. The Kier molecular flexibility index (Phi) is 8.77. The number of thiophene rings is 1. The van der Waals surface area contributed by atoms with Crippen LogP contribution in [0.2, 0.25) is 0 Å². The van der Waals surface area contributed by atoms with Crippen molar-refractivity contribution >= 4 is 59.3 Å². The normalized spacial score (nSPS) is 14.3. The maximum atomic E-state index is 2.44. The highest BCUT2D eigenvalue weighted by Crippen LogP contribution is 2.47. The molecule has 0 N–H and O–H groups in total. The first kappa shape index (κ1) is 33.6. The van der Waals surface area contributed by atoms with E-state index in [1.54, 1.807) is 0 Å². The third-order valence-corrected chi connectivity index (χ3v) is 13.1. The van der Waals surface area contributed by atoms with Crippen molar-refractivity contribution in [1.82, 2.24) is 0 Å². The fraction of sp³-hybridized carbons (Fsp3) is 0.132. The van der Waals surface area contributed by atoms with Gasteiger partial charge in [-0.3, -0.25) is 0 Å². The van der Waals surface area contributed by atoms with Crippen molar-refractivity contribution in [3.8, 4) is 22.3 Å². The Labute approximate surface area is 328 Å². The molecule has 0 radical (unpaired) electrons. The van der Waals surface area contributed by atoms with E-state index in [1.807, 2.05) is 11.3 Å². The van der Waals surface area contributed by atoms with Crippen LogP contribution in [-0.2, 0) is 5.41 Å². The Hall–Kier alpha value is -5.96. The molecule has 2 heteroatoms. The second kappa shape index (κ2) is 14.4. The molecule has 0 unspecified atom stereocenters. The summed E-state index contributed by atoms with van der Waals surface area (Å²) in [7, 11) is 0. The van der Waals surface area contributed by atoms with Crippen LogP contribution in [0.4, 0.5) is 17.1 Å². The standard InChI is InChI=1S/C53H43NS/c1-2-12-35-53(34-11-1,43-18-7-4-8-19-43)44-26-30-46(31-27-44)54(45-28-24-39(25-29-45)42-23-22-38-14-9-10-17-41(38)36-42)47-32-33-49-51(37-47)55-50-21-13-20-48(52(49)50)40-15-5-3-6-16-40/h3-10,13-33,36-37H,1-2,11-12,34-35H2. The lowest BCUT2D eigenvalue weighted by Gasteiger charge is -2.35. The monoisotopic (exact) mass is 725 g/mol. The van der Waals surface area contributed by atoms with E-state index in [0.717, 1.165) is 5.69 Å². The Morgan fingerprint density at radius 3 is 1.76 bits per heavy atom. The summed E-state index contributed by atoms with van der Waals surface area (Å²) in [5.74, 6) is 0. The lowest BCUT2D eigenvalue weighted by atomic mass is 9.69. The Bertz CT molecular complexity index is 2740. The highest BCUT2D eigenvalue weighted by molar-refractivity contribution is 7.26. The predicted molar refractivity (Wildman–Crippen MR) is 237 cm³/mol. The quantitative estimate of drug-likeness (QED) is 0.148. The van der Waals surface area contributed by atoms with Gasteiger partial charge in [0.25, 0.3) is 0 Å². The Balaban J connectivity index is 1.09. The zero-order chi connectivity index (χ0) is 36.6. The number of hydrogen-bond acceptors (Lipinski definition) is 2. The van der Waals surface area contributed by atoms with Crippen molar-refractivity contribution in [2.24, 2.45) is 0 Å². The maximum absolute atomic E-state index is 2.44. The van der Waals surface area contributed by atoms with Gasteiger partial charge in [0.2, 0.25) is 0 Å². The summed E-state index contributed by atoms with van der Waals surface area (Å²) in [6.45, 7) is 0. The number of rotatable bonds is 7. The molecule has 1 aliphatic rings. The largest absolute Gasteiger partial charge is 0.310 e. The highest BCUT2D eigenvalue weighted by Gasteiger charge is 2.34. The lowest BCUT2D eigenvalue weighted by Crippen LogP contribution is -2.27. The Morgan fingerprint density at radius 2 is 1.02 bits per heavy atom. The van der Waals surface area contributed by atoms with E-state index >= 15 is 0 Å². The highest BCUT2D eigenvalue weighted by atomic mass is 32.1. The van der Waals surface area contributed by atoms with Gasteiger partial charge in [-0.15, -0.1) is 11.3 Å². The molecule has 1 nitrogen and oxygen atoms in total. The van der Waals surface area contributed by atoms with Gasteiger partial charge < -0.3 is 4.90 Å². The molecular formula is C53H43NS. The molecule has 266 valence electrons. The number of fused-ring (bicyclic) bond motifs is 4. The number of benzene rings is 8. The molecule has 1 fully saturated rings. The smallest absolute Gasteiger partial charge is 0.0476 e. The minimum Gasteiger partial charge on any atom is -0.310 e. The predicted octanol–water partition coefficient (Wildman–Crippen LogP) is 15.7. The van der Waals surface area contributed by atoms with Crippen LogP contribution in [0.25, 0.3) is 53.2 Å². The molecule has 0 bridgehead atoms. The van der Waals surface area contributed by atoms with Crippen LogP contribution in [0, 0.1) is 0 Å². The summed E-state index contributed by atoms with van der Waals surface area (Å²) in [5, 5.41) is 5.18. The van der Waals surface area contributed by atoms with Gasteiger partial charge in [-0.25, -0.2) is 0 Å². The summed E-state index contributed by atoms with van der Waals surface area (Å²) in [4.78, 5) is 2.44. The average Bonchev–Trinajstić information content (AvgIpc) is 3.44. The third-order valence-electron chi connectivity index (χ3n) is 12.0. The van der Waals surface area contributed by atoms with Crippen LogP contribution < -0.4 is 4.90 Å². The molecule has 0 atom stereocenters.